The summed E-state index contributed by atoms with van der Waals surface area (Å²) in [5, 5.41) is 10.1. The first kappa shape index (κ1) is 13.9. The van der Waals surface area contributed by atoms with Crippen molar-refractivity contribution in [3.8, 4) is 0 Å². The van der Waals surface area contributed by atoms with Crippen molar-refractivity contribution in [2.24, 2.45) is 0 Å². The molecule has 1 aliphatic heterocycles. The molecule has 0 aromatic heterocycles. The highest BCUT2D eigenvalue weighted by atomic mass is 16.6. The minimum absolute atomic E-state index is 0.157. The van der Waals surface area contributed by atoms with Crippen molar-refractivity contribution in [2.75, 3.05) is 6.54 Å². The number of likely N-dealkylation sites (tertiary alicyclic amines) is 1. The van der Waals surface area contributed by atoms with E-state index in [-0.39, 0.29) is 18.7 Å². The Labute approximate surface area is 114 Å². The topological polar surface area (TPSA) is 49.8 Å². The van der Waals surface area contributed by atoms with Gasteiger partial charge in [-0.3, -0.25) is 0 Å². The van der Waals surface area contributed by atoms with E-state index in [1.165, 1.54) is 0 Å². The van der Waals surface area contributed by atoms with E-state index in [0.717, 1.165) is 18.4 Å². The summed E-state index contributed by atoms with van der Waals surface area (Å²) in [5.41, 5.74) is 0.0808. The molecule has 1 heterocycles. The van der Waals surface area contributed by atoms with Crippen molar-refractivity contribution in [3.63, 3.8) is 0 Å². The number of hydrogen-bond donors (Lipinski definition) is 1. The molecule has 1 saturated heterocycles. The molecule has 1 fully saturated rings. The predicted octanol–water partition coefficient (Wildman–Crippen LogP) is 2.56. The van der Waals surface area contributed by atoms with Gasteiger partial charge >= 0.3 is 6.09 Å². The van der Waals surface area contributed by atoms with Gasteiger partial charge < -0.3 is 14.7 Å². The average Bonchev–Trinajstić information content (AvgIpc) is 2.86. The van der Waals surface area contributed by atoms with Crippen molar-refractivity contribution in [1.29, 1.82) is 0 Å². The number of nitrogens with zero attached hydrogens (tertiary/aromatic N) is 1. The first-order valence-electron chi connectivity index (χ1n) is 6.68. The smallest absolute Gasteiger partial charge is 0.410 e. The molecule has 104 valence electrons. The van der Waals surface area contributed by atoms with Crippen LogP contribution in [-0.2, 0) is 11.3 Å². The van der Waals surface area contributed by atoms with Crippen LogP contribution in [0.25, 0.3) is 0 Å². The zero-order valence-corrected chi connectivity index (χ0v) is 11.5. The Morgan fingerprint density at radius 2 is 2.11 bits per heavy atom. The van der Waals surface area contributed by atoms with E-state index in [4.69, 9.17) is 4.74 Å². The molecule has 0 aliphatic carbocycles. The lowest BCUT2D eigenvalue weighted by atomic mass is 9.97. The Hall–Kier alpha value is -1.55. The van der Waals surface area contributed by atoms with Crippen molar-refractivity contribution in [2.45, 2.75) is 44.9 Å². The fourth-order valence-corrected chi connectivity index (χ4v) is 2.52. The molecule has 0 spiro atoms. The number of aliphatic hydroxyl groups is 1. The Bertz CT molecular complexity index is 425. The summed E-state index contributed by atoms with van der Waals surface area (Å²) in [5.74, 6) is 0. The maximum Gasteiger partial charge on any atom is 0.410 e. The molecular formula is C15H21NO3. The molecule has 1 aliphatic rings. The van der Waals surface area contributed by atoms with Gasteiger partial charge in [0.25, 0.3) is 0 Å². The number of carbonyl (C=O) groups is 1. The summed E-state index contributed by atoms with van der Waals surface area (Å²) in [6.07, 6.45) is 1.40. The highest BCUT2D eigenvalue weighted by molar-refractivity contribution is 5.68. The lowest BCUT2D eigenvalue weighted by molar-refractivity contribution is -0.00561. The molecule has 0 bridgehead atoms. The van der Waals surface area contributed by atoms with E-state index in [9.17, 15) is 9.90 Å². The van der Waals surface area contributed by atoms with Crippen LogP contribution in [0.15, 0.2) is 30.3 Å². The van der Waals surface area contributed by atoms with E-state index in [1.807, 2.05) is 30.3 Å². The number of amides is 1. The van der Waals surface area contributed by atoms with Crippen molar-refractivity contribution in [3.05, 3.63) is 35.9 Å². The van der Waals surface area contributed by atoms with Crippen LogP contribution in [0.3, 0.4) is 0 Å². The fraction of sp³-hybridized carbons (Fsp3) is 0.533. The number of benzene rings is 1. The summed E-state index contributed by atoms with van der Waals surface area (Å²) in [4.78, 5) is 13.7. The van der Waals surface area contributed by atoms with Crippen LogP contribution in [-0.4, -0.2) is 34.3 Å². The molecule has 1 atom stereocenters. The number of rotatable bonds is 3. The Kier molecular flexibility index (Phi) is 4.10. The highest BCUT2D eigenvalue weighted by Crippen LogP contribution is 2.27. The summed E-state index contributed by atoms with van der Waals surface area (Å²) in [6, 6.07) is 9.44. The van der Waals surface area contributed by atoms with Gasteiger partial charge in [0.1, 0.15) is 6.61 Å². The van der Waals surface area contributed by atoms with E-state index < -0.39 is 5.60 Å². The van der Waals surface area contributed by atoms with Crippen molar-refractivity contribution < 1.29 is 14.6 Å². The summed E-state index contributed by atoms with van der Waals surface area (Å²) in [6.45, 7) is 4.40. The molecule has 19 heavy (non-hydrogen) atoms. The fourth-order valence-electron chi connectivity index (χ4n) is 2.52. The van der Waals surface area contributed by atoms with Gasteiger partial charge in [-0.1, -0.05) is 30.3 Å². The third-order valence-electron chi connectivity index (χ3n) is 3.51. The van der Waals surface area contributed by atoms with Gasteiger partial charge in [0.15, 0.2) is 0 Å². The summed E-state index contributed by atoms with van der Waals surface area (Å²) < 4.78 is 5.31. The molecule has 4 nitrogen and oxygen atoms in total. The first-order valence-corrected chi connectivity index (χ1v) is 6.68. The van der Waals surface area contributed by atoms with Gasteiger partial charge in [0, 0.05) is 6.54 Å². The van der Waals surface area contributed by atoms with E-state index in [0.29, 0.717) is 6.54 Å². The van der Waals surface area contributed by atoms with E-state index >= 15 is 0 Å². The molecule has 1 aromatic carbocycles. The quantitative estimate of drug-likeness (QED) is 0.911. The van der Waals surface area contributed by atoms with E-state index in [2.05, 4.69) is 0 Å². The molecule has 1 aromatic rings. The molecule has 1 N–H and O–H groups in total. The molecule has 0 saturated carbocycles. The van der Waals surface area contributed by atoms with E-state index in [1.54, 1.807) is 18.7 Å². The van der Waals surface area contributed by atoms with Gasteiger partial charge in [-0.2, -0.15) is 0 Å². The third-order valence-corrected chi connectivity index (χ3v) is 3.51. The molecule has 0 unspecified atom stereocenters. The number of carbonyl (C=O) groups excluding carboxylic acids is 1. The second-order valence-corrected chi connectivity index (χ2v) is 5.55. The number of ether oxygens (including phenoxy) is 1. The summed E-state index contributed by atoms with van der Waals surface area (Å²) >= 11 is 0. The van der Waals surface area contributed by atoms with Gasteiger partial charge in [-0.25, -0.2) is 4.79 Å². The lowest BCUT2D eigenvalue weighted by Crippen LogP contribution is -2.48. The zero-order valence-electron chi connectivity index (χ0n) is 11.5. The van der Waals surface area contributed by atoms with Crippen LogP contribution >= 0.6 is 0 Å². The maximum absolute atomic E-state index is 12.1. The maximum atomic E-state index is 12.1. The van der Waals surface area contributed by atoms with Crippen molar-refractivity contribution in [1.82, 2.24) is 4.90 Å². The molecule has 1 amide bonds. The second kappa shape index (κ2) is 5.61. The Morgan fingerprint density at radius 1 is 1.42 bits per heavy atom. The zero-order chi connectivity index (χ0) is 13.9. The van der Waals surface area contributed by atoms with Crippen molar-refractivity contribution >= 4 is 6.09 Å². The monoisotopic (exact) mass is 263 g/mol. The van der Waals surface area contributed by atoms with Gasteiger partial charge in [0.05, 0.1) is 11.6 Å². The van der Waals surface area contributed by atoms with Gasteiger partial charge in [-0.15, -0.1) is 0 Å². The molecule has 2 rings (SSSR count). The van der Waals surface area contributed by atoms with Crippen LogP contribution < -0.4 is 0 Å². The Balaban J connectivity index is 1.93. The molecule has 0 radical (unpaired) electrons. The minimum Gasteiger partial charge on any atom is -0.445 e. The van der Waals surface area contributed by atoms with Crippen LogP contribution in [0.1, 0.15) is 32.3 Å². The third kappa shape index (κ3) is 3.47. The lowest BCUT2D eigenvalue weighted by Gasteiger charge is -2.33. The van der Waals surface area contributed by atoms with Crippen LogP contribution in [0, 0.1) is 0 Å². The van der Waals surface area contributed by atoms with Gasteiger partial charge in [0.2, 0.25) is 0 Å². The van der Waals surface area contributed by atoms with Crippen LogP contribution in [0.5, 0.6) is 0 Å². The SMILES string of the molecule is CC(C)(O)[C@H]1CCCN1C(=O)OCc1ccccc1. The highest BCUT2D eigenvalue weighted by Gasteiger charge is 2.39. The largest absolute Gasteiger partial charge is 0.445 e. The normalized spacial score (nSPS) is 19.5. The molecule has 4 heteroatoms. The molecular weight excluding hydrogens is 242 g/mol. The summed E-state index contributed by atoms with van der Waals surface area (Å²) in [7, 11) is 0. The first-order chi connectivity index (χ1) is 8.98. The van der Waals surface area contributed by atoms with Crippen LogP contribution in [0.4, 0.5) is 4.79 Å². The predicted molar refractivity (Wildman–Crippen MR) is 72.7 cm³/mol. The number of hydrogen-bond acceptors (Lipinski definition) is 3. The minimum atomic E-state index is -0.887. The average molecular weight is 263 g/mol. The Morgan fingerprint density at radius 3 is 2.74 bits per heavy atom. The van der Waals surface area contributed by atoms with Gasteiger partial charge in [-0.05, 0) is 32.3 Å². The second-order valence-electron chi connectivity index (χ2n) is 5.55. The van der Waals surface area contributed by atoms with Crippen LogP contribution in [0.2, 0.25) is 0 Å². The standard InChI is InChI=1S/C15H21NO3/c1-15(2,18)13-9-6-10-16(13)14(17)19-11-12-7-4-3-5-8-12/h3-5,7-8,13,18H,6,9-11H2,1-2H3/t13-/m1/s1.